The second-order valence-electron chi connectivity index (χ2n) is 4.10. The molecule has 0 atom stereocenters. The zero-order valence-corrected chi connectivity index (χ0v) is 10.4. The molecule has 0 aliphatic rings. The number of rotatable bonds is 2. The Kier molecular flexibility index (Phi) is 2.68. The van der Waals surface area contributed by atoms with E-state index in [-0.39, 0.29) is 0 Å². The monoisotopic (exact) mass is 252 g/mol. The first kappa shape index (κ1) is 11.3. The molecule has 0 spiro atoms. The molecule has 0 amide bonds. The van der Waals surface area contributed by atoms with Gasteiger partial charge in [-0.1, -0.05) is 12.1 Å². The van der Waals surface area contributed by atoms with Crippen molar-refractivity contribution in [2.45, 2.75) is 6.92 Å². The van der Waals surface area contributed by atoms with Crippen LogP contribution in [-0.2, 0) is 0 Å². The van der Waals surface area contributed by atoms with Crippen LogP contribution in [0.3, 0.4) is 0 Å². The average molecular weight is 252 g/mol. The molecule has 1 aromatic carbocycles. The standard InChI is InChI=1S/C13H12N6/c1-9-15-6-5-12(17-9)19-8-16-13(18-19)10-3-2-4-11(14)7-10/h2-8H,14H2,1H3. The third-order valence-electron chi connectivity index (χ3n) is 2.63. The van der Waals surface area contributed by atoms with E-state index in [0.29, 0.717) is 23.2 Å². The Hall–Kier alpha value is -2.76. The second kappa shape index (κ2) is 4.49. The van der Waals surface area contributed by atoms with Crippen LogP contribution >= 0.6 is 0 Å². The van der Waals surface area contributed by atoms with Gasteiger partial charge in [-0.25, -0.2) is 19.6 Å². The van der Waals surface area contributed by atoms with Crippen LogP contribution in [0, 0.1) is 6.92 Å². The van der Waals surface area contributed by atoms with Crippen LogP contribution in [0.5, 0.6) is 0 Å². The number of aryl methyl sites for hydroxylation is 1. The highest BCUT2D eigenvalue weighted by Crippen LogP contribution is 2.17. The topological polar surface area (TPSA) is 82.5 Å². The minimum Gasteiger partial charge on any atom is -0.399 e. The van der Waals surface area contributed by atoms with Crippen molar-refractivity contribution >= 4 is 5.69 Å². The Morgan fingerprint density at radius 3 is 2.84 bits per heavy atom. The Labute approximate surface area is 110 Å². The van der Waals surface area contributed by atoms with Crippen LogP contribution in [0.25, 0.3) is 17.2 Å². The molecule has 0 aliphatic carbocycles. The Morgan fingerprint density at radius 1 is 1.16 bits per heavy atom. The Balaban J connectivity index is 2.00. The van der Waals surface area contributed by atoms with E-state index in [1.165, 1.54) is 0 Å². The summed E-state index contributed by atoms with van der Waals surface area (Å²) in [6, 6.07) is 9.24. The molecule has 2 N–H and O–H groups in total. The lowest BCUT2D eigenvalue weighted by atomic mass is 10.2. The highest BCUT2D eigenvalue weighted by Gasteiger charge is 2.06. The number of nitrogens with two attached hydrogens (primary N) is 1. The molecule has 0 aliphatic heterocycles. The zero-order chi connectivity index (χ0) is 13.2. The first-order valence-corrected chi connectivity index (χ1v) is 5.80. The van der Waals surface area contributed by atoms with Crippen LogP contribution in [0.1, 0.15) is 5.82 Å². The summed E-state index contributed by atoms with van der Waals surface area (Å²) in [5.41, 5.74) is 7.32. The number of aromatic nitrogens is 5. The van der Waals surface area contributed by atoms with Gasteiger partial charge in [0, 0.05) is 23.5 Å². The summed E-state index contributed by atoms with van der Waals surface area (Å²) in [6.45, 7) is 1.83. The van der Waals surface area contributed by atoms with Crippen LogP contribution < -0.4 is 5.73 Å². The molecule has 2 aromatic heterocycles. The number of nitrogens with zero attached hydrogens (tertiary/aromatic N) is 5. The van der Waals surface area contributed by atoms with Gasteiger partial charge in [-0.15, -0.1) is 5.10 Å². The van der Waals surface area contributed by atoms with E-state index < -0.39 is 0 Å². The molecule has 0 unspecified atom stereocenters. The average Bonchev–Trinajstić information content (AvgIpc) is 2.88. The van der Waals surface area contributed by atoms with Gasteiger partial charge in [0.25, 0.3) is 0 Å². The van der Waals surface area contributed by atoms with Crippen molar-refractivity contribution < 1.29 is 0 Å². The summed E-state index contributed by atoms with van der Waals surface area (Å²) in [6.07, 6.45) is 3.32. The number of benzene rings is 1. The molecule has 19 heavy (non-hydrogen) atoms. The van der Waals surface area contributed by atoms with Gasteiger partial charge in [0.05, 0.1) is 0 Å². The maximum Gasteiger partial charge on any atom is 0.181 e. The van der Waals surface area contributed by atoms with Gasteiger partial charge in [-0.05, 0) is 19.1 Å². The second-order valence-corrected chi connectivity index (χ2v) is 4.10. The summed E-state index contributed by atoms with van der Waals surface area (Å²) >= 11 is 0. The highest BCUT2D eigenvalue weighted by molar-refractivity contribution is 5.60. The first-order valence-electron chi connectivity index (χ1n) is 5.80. The number of nitrogen functional groups attached to an aromatic ring is 1. The predicted octanol–water partition coefficient (Wildman–Crippen LogP) is 1.61. The smallest absolute Gasteiger partial charge is 0.181 e. The quantitative estimate of drug-likeness (QED) is 0.701. The predicted molar refractivity (Wildman–Crippen MR) is 71.5 cm³/mol. The molecule has 0 bridgehead atoms. The Bertz CT molecular complexity index is 658. The molecule has 0 radical (unpaired) electrons. The van der Waals surface area contributed by atoms with Crippen LogP contribution in [-0.4, -0.2) is 24.7 Å². The first-order chi connectivity index (χ1) is 9.22. The third kappa shape index (κ3) is 2.28. The number of hydrogen-bond donors (Lipinski definition) is 1. The third-order valence-corrected chi connectivity index (χ3v) is 2.63. The summed E-state index contributed by atoms with van der Waals surface area (Å²) < 4.78 is 1.62. The Morgan fingerprint density at radius 2 is 2.05 bits per heavy atom. The van der Waals surface area contributed by atoms with Gasteiger partial charge in [0.2, 0.25) is 0 Å². The van der Waals surface area contributed by atoms with E-state index in [1.54, 1.807) is 23.3 Å². The minimum absolute atomic E-state index is 0.614. The zero-order valence-electron chi connectivity index (χ0n) is 10.4. The minimum atomic E-state index is 0.614. The summed E-state index contributed by atoms with van der Waals surface area (Å²) in [7, 11) is 0. The molecule has 2 heterocycles. The van der Waals surface area contributed by atoms with Crippen LogP contribution in [0.15, 0.2) is 42.9 Å². The van der Waals surface area contributed by atoms with Crippen LogP contribution in [0.4, 0.5) is 5.69 Å². The molecule has 3 aromatic rings. The van der Waals surface area contributed by atoms with Crippen molar-refractivity contribution in [1.82, 2.24) is 24.7 Å². The van der Waals surface area contributed by atoms with Crippen LogP contribution in [0.2, 0.25) is 0 Å². The maximum absolute atomic E-state index is 5.75. The maximum atomic E-state index is 5.75. The van der Waals surface area contributed by atoms with Crippen molar-refractivity contribution in [2.24, 2.45) is 0 Å². The van der Waals surface area contributed by atoms with E-state index in [0.717, 1.165) is 5.56 Å². The summed E-state index contributed by atoms with van der Waals surface area (Å²) in [5, 5.41) is 4.39. The van der Waals surface area contributed by atoms with E-state index in [1.807, 2.05) is 31.2 Å². The summed E-state index contributed by atoms with van der Waals surface area (Å²) in [4.78, 5) is 12.6. The molecule has 0 saturated carbocycles. The lowest BCUT2D eigenvalue weighted by Gasteiger charge is -1.99. The van der Waals surface area contributed by atoms with E-state index >= 15 is 0 Å². The van der Waals surface area contributed by atoms with Crippen molar-refractivity contribution in [1.29, 1.82) is 0 Å². The van der Waals surface area contributed by atoms with Crippen molar-refractivity contribution in [3.63, 3.8) is 0 Å². The normalized spacial score (nSPS) is 10.6. The van der Waals surface area contributed by atoms with Crippen molar-refractivity contribution in [3.8, 4) is 17.2 Å². The van der Waals surface area contributed by atoms with Gasteiger partial charge < -0.3 is 5.73 Å². The molecule has 0 saturated heterocycles. The molecule has 0 fully saturated rings. The lowest BCUT2D eigenvalue weighted by molar-refractivity contribution is 0.829. The molecule has 6 nitrogen and oxygen atoms in total. The van der Waals surface area contributed by atoms with Gasteiger partial charge in [0.1, 0.15) is 12.2 Å². The largest absolute Gasteiger partial charge is 0.399 e. The lowest BCUT2D eigenvalue weighted by Crippen LogP contribution is -2.00. The molecule has 3 rings (SSSR count). The van der Waals surface area contributed by atoms with E-state index in [9.17, 15) is 0 Å². The van der Waals surface area contributed by atoms with Crippen molar-refractivity contribution in [3.05, 3.63) is 48.7 Å². The van der Waals surface area contributed by atoms with E-state index in [2.05, 4.69) is 20.1 Å². The van der Waals surface area contributed by atoms with Gasteiger partial charge in [0.15, 0.2) is 11.6 Å². The van der Waals surface area contributed by atoms with E-state index in [4.69, 9.17) is 5.73 Å². The molecular formula is C13H12N6. The highest BCUT2D eigenvalue weighted by atomic mass is 15.4. The van der Waals surface area contributed by atoms with Gasteiger partial charge >= 0.3 is 0 Å². The number of anilines is 1. The van der Waals surface area contributed by atoms with Gasteiger partial charge in [-0.2, -0.15) is 0 Å². The molecule has 6 heteroatoms. The fraction of sp³-hybridized carbons (Fsp3) is 0.0769. The molecule has 94 valence electrons. The van der Waals surface area contributed by atoms with Crippen molar-refractivity contribution in [2.75, 3.05) is 5.73 Å². The SMILES string of the molecule is Cc1nccc(-n2cnc(-c3cccc(N)c3)n2)n1. The van der Waals surface area contributed by atoms with Gasteiger partial charge in [-0.3, -0.25) is 0 Å². The molecular weight excluding hydrogens is 240 g/mol. The number of hydrogen-bond acceptors (Lipinski definition) is 5. The fourth-order valence-corrected chi connectivity index (χ4v) is 1.75. The summed E-state index contributed by atoms with van der Waals surface area (Å²) in [5.74, 6) is 2.00. The fourth-order valence-electron chi connectivity index (χ4n) is 1.75.